The number of aliphatic hydroxyl groups is 1. The van der Waals surface area contributed by atoms with Crippen LogP contribution in [-0.4, -0.2) is 44.9 Å². The lowest BCUT2D eigenvalue weighted by Crippen LogP contribution is -2.41. The van der Waals surface area contributed by atoms with Crippen molar-refractivity contribution in [3.63, 3.8) is 0 Å². The first kappa shape index (κ1) is 17.7. The number of nitrogens with zero attached hydrogens (tertiary/aromatic N) is 3. The molecule has 0 bridgehead atoms. The maximum absolute atomic E-state index is 12.5. The van der Waals surface area contributed by atoms with Gasteiger partial charge in [-0.1, -0.05) is 13.8 Å². The van der Waals surface area contributed by atoms with Crippen LogP contribution in [0.2, 0.25) is 0 Å². The van der Waals surface area contributed by atoms with Gasteiger partial charge in [0.1, 0.15) is 0 Å². The van der Waals surface area contributed by atoms with E-state index in [1.165, 1.54) is 5.56 Å². The minimum Gasteiger partial charge on any atom is -0.395 e. The van der Waals surface area contributed by atoms with Crippen LogP contribution in [0.5, 0.6) is 0 Å². The largest absolute Gasteiger partial charge is 0.395 e. The highest BCUT2D eigenvalue weighted by Gasteiger charge is 2.21. The second-order valence-electron chi connectivity index (χ2n) is 5.55. The van der Waals surface area contributed by atoms with Crippen molar-refractivity contribution < 1.29 is 9.90 Å². The average molecular weight is 295 g/mol. The van der Waals surface area contributed by atoms with E-state index in [2.05, 4.69) is 18.9 Å². The third kappa shape index (κ3) is 4.30. The summed E-state index contributed by atoms with van der Waals surface area (Å²) in [6, 6.07) is 0.223. The molecule has 0 spiro atoms. The fourth-order valence-corrected chi connectivity index (χ4v) is 2.90. The van der Waals surface area contributed by atoms with E-state index < -0.39 is 0 Å². The predicted octanol–water partition coefficient (Wildman–Crippen LogP) is 1.98. The van der Waals surface area contributed by atoms with Gasteiger partial charge in [0.05, 0.1) is 12.3 Å². The SMILES string of the molecule is CCC(CC)N(CCO)C(=O)CCc1c(C)nn(C)c1C. The molecule has 21 heavy (non-hydrogen) atoms. The molecule has 0 fully saturated rings. The van der Waals surface area contributed by atoms with Crippen molar-refractivity contribution in [2.45, 2.75) is 59.4 Å². The molecule has 1 rings (SSSR count). The number of carbonyl (C=O) groups excluding carboxylic acids is 1. The molecule has 1 heterocycles. The van der Waals surface area contributed by atoms with Gasteiger partial charge in [-0.15, -0.1) is 0 Å². The summed E-state index contributed by atoms with van der Waals surface area (Å²) in [4.78, 5) is 14.3. The number of carbonyl (C=O) groups is 1. The molecule has 120 valence electrons. The van der Waals surface area contributed by atoms with Gasteiger partial charge in [-0.25, -0.2) is 0 Å². The lowest BCUT2D eigenvalue weighted by atomic mass is 10.1. The predicted molar refractivity (Wildman–Crippen MR) is 84.2 cm³/mol. The number of aromatic nitrogens is 2. The van der Waals surface area contributed by atoms with Crippen molar-refractivity contribution in [1.82, 2.24) is 14.7 Å². The van der Waals surface area contributed by atoms with Crippen molar-refractivity contribution in [3.8, 4) is 0 Å². The zero-order valence-corrected chi connectivity index (χ0v) is 14.0. The summed E-state index contributed by atoms with van der Waals surface area (Å²) in [6.07, 6.45) is 3.04. The molecule has 1 N–H and O–H groups in total. The second kappa shape index (κ2) is 8.17. The Morgan fingerprint density at radius 2 is 1.95 bits per heavy atom. The summed E-state index contributed by atoms with van der Waals surface area (Å²) >= 11 is 0. The van der Waals surface area contributed by atoms with E-state index in [-0.39, 0.29) is 18.6 Å². The molecule has 1 amide bonds. The topological polar surface area (TPSA) is 58.4 Å². The Bertz CT molecular complexity index is 464. The molecular weight excluding hydrogens is 266 g/mol. The van der Waals surface area contributed by atoms with Crippen LogP contribution in [0.25, 0.3) is 0 Å². The monoisotopic (exact) mass is 295 g/mol. The highest BCUT2D eigenvalue weighted by molar-refractivity contribution is 5.76. The van der Waals surface area contributed by atoms with E-state index in [1.807, 2.05) is 30.5 Å². The van der Waals surface area contributed by atoms with Crippen LogP contribution in [0.15, 0.2) is 0 Å². The van der Waals surface area contributed by atoms with Crippen LogP contribution in [-0.2, 0) is 18.3 Å². The van der Waals surface area contributed by atoms with Crippen LogP contribution >= 0.6 is 0 Å². The zero-order valence-electron chi connectivity index (χ0n) is 14.0. The van der Waals surface area contributed by atoms with E-state index in [4.69, 9.17) is 0 Å². The maximum atomic E-state index is 12.5. The average Bonchev–Trinajstić information content (AvgIpc) is 2.70. The van der Waals surface area contributed by atoms with Crippen molar-refractivity contribution >= 4 is 5.91 Å². The minimum atomic E-state index is 0.0210. The molecule has 1 aromatic rings. The molecule has 0 aliphatic carbocycles. The van der Waals surface area contributed by atoms with Gasteiger partial charge in [-0.2, -0.15) is 5.10 Å². The quantitative estimate of drug-likeness (QED) is 0.798. The first-order valence-electron chi connectivity index (χ1n) is 7.85. The molecule has 0 saturated heterocycles. The summed E-state index contributed by atoms with van der Waals surface area (Å²) in [7, 11) is 1.93. The fraction of sp³-hybridized carbons (Fsp3) is 0.750. The smallest absolute Gasteiger partial charge is 0.223 e. The zero-order chi connectivity index (χ0) is 16.0. The highest BCUT2D eigenvalue weighted by atomic mass is 16.3. The molecule has 0 aromatic carbocycles. The Labute approximate surface area is 127 Å². The van der Waals surface area contributed by atoms with Gasteiger partial charge in [0.2, 0.25) is 5.91 Å². The van der Waals surface area contributed by atoms with Gasteiger partial charge in [0, 0.05) is 31.7 Å². The Kier molecular flexibility index (Phi) is 6.89. The summed E-state index contributed by atoms with van der Waals surface area (Å²) in [5.41, 5.74) is 3.29. The number of aryl methyl sites for hydroxylation is 2. The van der Waals surface area contributed by atoms with E-state index in [1.54, 1.807) is 0 Å². The molecule has 5 nitrogen and oxygen atoms in total. The van der Waals surface area contributed by atoms with Crippen molar-refractivity contribution in [3.05, 3.63) is 17.0 Å². The molecule has 0 aliphatic rings. The van der Waals surface area contributed by atoms with Crippen LogP contribution in [0, 0.1) is 13.8 Å². The van der Waals surface area contributed by atoms with Gasteiger partial charge in [-0.05, 0) is 38.7 Å². The number of hydrogen-bond acceptors (Lipinski definition) is 3. The summed E-state index contributed by atoms with van der Waals surface area (Å²) in [5.74, 6) is 0.125. The Morgan fingerprint density at radius 3 is 2.38 bits per heavy atom. The first-order valence-corrected chi connectivity index (χ1v) is 7.85. The summed E-state index contributed by atoms with van der Waals surface area (Å²) in [5, 5.41) is 13.6. The van der Waals surface area contributed by atoms with Crippen molar-refractivity contribution in [2.24, 2.45) is 7.05 Å². The molecule has 1 aromatic heterocycles. The molecule has 0 radical (unpaired) electrons. The fourth-order valence-electron chi connectivity index (χ4n) is 2.90. The third-order valence-electron chi connectivity index (χ3n) is 4.29. The van der Waals surface area contributed by atoms with Gasteiger partial charge >= 0.3 is 0 Å². The van der Waals surface area contributed by atoms with Crippen molar-refractivity contribution in [2.75, 3.05) is 13.2 Å². The van der Waals surface area contributed by atoms with Gasteiger partial charge in [0.25, 0.3) is 0 Å². The third-order valence-corrected chi connectivity index (χ3v) is 4.29. The summed E-state index contributed by atoms with van der Waals surface area (Å²) < 4.78 is 1.86. The summed E-state index contributed by atoms with van der Waals surface area (Å²) in [6.45, 7) is 8.64. The number of rotatable bonds is 8. The second-order valence-corrected chi connectivity index (χ2v) is 5.55. The standard InChI is InChI=1S/C16H29N3O2/c1-6-14(7-2)19(10-11-20)16(21)9-8-15-12(3)17-18(5)13(15)4/h14,20H,6-11H2,1-5H3. The number of hydrogen-bond donors (Lipinski definition) is 1. The Morgan fingerprint density at radius 1 is 1.33 bits per heavy atom. The molecule has 0 saturated carbocycles. The van der Waals surface area contributed by atoms with Crippen LogP contribution < -0.4 is 0 Å². The van der Waals surface area contributed by atoms with E-state index in [9.17, 15) is 9.90 Å². The van der Waals surface area contributed by atoms with E-state index >= 15 is 0 Å². The lowest BCUT2D eigenvalue weighted by molar-refractivity contribution is -0.134. The molecule has 0 atom stereocenters. The Hall–Kier alpha value is -1.36. The van der Waals surface area contributed by atoms with Crippen LogP contribution in [0.3, 0.4) is 0 Å². The Balaban J connectivity index is 2.73. The van der Waals surface area contributed by atoms with E-state index in [0.29, 0.717) is 19.4 Å². The van der Waals surface area contributed by atoms with Gasteiger partial charge in [-0.3, -0.25) is 9.48 Å². The molecular formula is C16H29N3O2. The molecule has 5 heteroatoms. The highest BCUT2D eigenvalue weighted by Crippen LogP contribution is 2.16. The van der Waals surface area contributed by atoms with Crippen LogP contribution in [0.4, 0.5) is 0 Å². The van der Waals surface area contributed by atoms with Crippen molar-refractivity contribution in [1.29, 1.82) is 0 Å². The minimum absolute atomic E-state index is 0.0210. The van der Waals surface area contributed by atoms with Crippen LogP contribution in [0.1, 0.15) is 50.1 Å². The number of amides is 1. The molecule has 0 unspecified atom stereocenters. The normalized spacial score (nSPS) is 11.2. The first-order chi connectivity index (χ1) is 9.96. The number of aliphatic hydroxyl groups excluding tert-OH is 1. The molecule has 0 aliphatic heterocycles. The lowest BCUT2D eigenvalue weighted by Gasteiger charge is -2.30. The van der Waals surface area contributed by atoms with Gasteiger partial charge in [0.15, 0.2) is 0 Å². The van der Waals surface area contributed by atoms with Gasteiger partial charge < -0.3 is 10.0 Å². The van der Waals surface area contributed by atoms with E-state index in [0.717, 1.165) is 24.2 Å². The maximum Gasteiger partial charge on any atom is 0.223 e.